The largest absolute Gasteiger partial charge is 0.416 e. The number of imidazole rings is 1. The molecule has 1 aromatic heterocycles. The molecule has 0 aliphatic rings. The summed E-state index contributed by atoms with van der Waals surface area (Å²) in [5, 5.41) is 2.61. The van der Waals surface area contributed by atoms with Crippen LogP contribution in [-0.2, 0) is 17.5 Å². The maximum atomic E-state index is 13.9. The molecular weight excluding hydrogens is 369 g/mol. The maximum absolute atomic E-state index is 13.9. The first kappa shape index (κ1) is 18.8. The van der Waals surface area contributed by atoms with Gasteiger partial charge in [-0.05, 0) is 36.8 Å². The van der Waals surface area contributed by atoms with Crippen molar-refractivity contribution in [2.75, 3.05) is 0 Å². The van der Waals surface area contributed by atoms with Crippen LogP contribution < -0.4 is 5.32 Å². The van der Waals surface area contributed by atoms with Crippen LogP contribution in [0, 0.1) is 11.6 Å². The second-order valence-electron chi connectivity index (χ2n) is 6.01. The molecule has 0 fully saturated rings. The molecule has 2 aromatic carbocycles. The highest BCUT2D eigenvalue weighted by Crippen LogP contribution is 2.30. The molecule has 1 unspecified atom stereocenters. The number of fused-ring (bicyclic) bond motifs is 1. The number of halogens is 5. The quantitative estimate of drug-likeness (QED) is 0.686. The van der Waals surface area contributed by atoms with Gasteiger partial charge in [0.15, 0.2) is 11.6 Å². The molecule has 1 heterocycles. The molecule has 27 heavy (non-hydrogen) atoms. The summed E-state index contributed by atoms with van der Waals surface area (Å²) in [4.78, 5) is 16.1. The van der Waals surface area contributed by atoms with Crippen molar-refractivity contribution in [1.82, 2.24) is 14.9 Å². The SMILES string of the molecule is CC(NC(=O)Cn1cnc2ccc(F)c(F)c21)c1ccc(C(F)(F)F)cc1. The number of hydrogen-bond acceptors (Lipinski definition) is 2. The van der Waals surface area contributed by atoms with Crippen LogP contribution >= 0.6 is 0 Å². The zero-order valence-corrected chi connectivity index (χ0v) is 14.0. The molecule has 142 valence electrons. The highest BCUT2D eigenvalue weighted by Gasteiger charge is 2.30. The lowest BCUT2D eigenvalue weighted by molar-refractivity contribution is -0.137. The van der Waals surface area contributed by atoms with Crippen LogP contribution in [0.15, 0.2) is 42.7 Å². The minimum atomic E-state index is -4.44. The molecule has 0 bridgehead atoms. The fourth-order valence-electron chi connectivity index (χ4n) is 2.70. The zero-order valence-electron chi connectivity index (χ0n) is 14.0. The predicted octanol–water partition coefficient (Wildman–Crippen LogP) is 4.21. The van der Waals surface area contributed by atoms with Gasteiger partial charge in [0, 0.05) is 0 Å². The minimum Gasteiger partial charge on any atom is -0.348 e. The lowest BCUT2D eigenvalue weighted by Gasteiger charge is -2.16. The van der Waals surface area contributed by atoms with E-state index in [0.29, 0.717) is 5.56 Å². The summed E-state index contributed by atoms with van der Waals surface area (Å²) >= 11 is 0. The molecule has 1 N–H and O–H groups in total. The van der Waals surface area contributed by atoms with E-state index >= 15 is 0 Å². The zero-order chi connectivity index (χ0) is 19.8. The highest BCUT2D eigenvalue weighted by molar-refractivity contribution is 5.81. The number of benzene rings is 2. The van der Waals surface area contributed by atoms with Crippen molar-refractivity contribution >= 4 is 16.9 Å². The number of amides is 1. The van der Waals surface area contributed by atoms with Crippen molar-refractivity contribution in [1.29, 1.82) is 0 Å². The fraction of sp³-hybridized carbons (Fsp3) is 0.222. The Hall–Kier alpha value is -2.97. The van der Waals surface area contributed by atoms with Crippen LogP contribution in [0.2, 0.25) is 0 Å². The second kappa shape index (κ2) is 6.98. The van der Waals surface area contributed by atoms with Crippen LogP contribution in [0.1, 0.15) is 24.1 Å². The van der Waals surface area contributed by atoms with Crippen molar-refractivity contribution in [3.8, 4) is 0 Å². The molecule has 0 aliphatic heterocycles. The number of aromatic nitrogens is 2. The third kappa shape index (κ3) is 3.91. The monoisotopic (exact) mass is 383 g/mol. The van der Waals surface area contributed by atoms with E-state index in [4.69, 9.17) is 0 Å². The average molecular weight is 383 g/mol. The number of rotatable bonds is 4. The smallest absolute Gasteiger partial charge is 0.348 e. The number of carbonyl (C=O) groups excluding carboxylic acids is 1. The van der Waals surface area contributed by atoms with E-state index in [9.17, 15) is 26.7 Å². The van der Waals surface area contributed by atoms with E-state index in [0.717, 1.165) is 18.2 Å². The first-order valence-electron chi connectivity index (χ1n) is 7.92. The van der Waals surface area contributed by atoms with Crippen LogP contribution in [0.5, 0.6) is 0 Å². The lowest BCUT2D eigenvalue weighted by atomic mass is 10.1. The molecule has 0 aliphatic carbocycles. The third-order valence-electron chi connectivity index (χ3n) is 4.10. The molecule has 4 nitrogen and oxygen atoms in total. The summed E-state index contributed by atoms with van der Waals surface area (Å²) in [5.41, 5.74) is -0.235. The van der Waals surface area contributed by atoms with Gasteiger partial charge in [-0.25, -0.2) is 13.8 Å². The fourth-order valence-corrected chi connectivity index (χ4v) is 2.70. The molecule has 0 radical (unpaired) electrons. The Labute approximate surface area is 150 Å². The Morgan fingerprint density at radius 1 is 1.15 bits per heavy atom. The Morgan fingerprint density at radius 2 is 1.81 bits per heavy atom. The van der Waals surface area contributed by atoms with E-state index < -0.39 is 35.3 Å². The Bertz CT molecular complexity index is 979. The summed E-state index contributed by atoms with van der Waals surface area (Å²) in [6.45, 7) is 1.29. The van der Waals surface area contributed by atoms with Crippen LogP contribution in [-0.4, -0.2) is 15.5 Å². The molecule has 3 aromatic rings. The molecule has 0 spiro atoms. The van der Waals surface area contributed by atoms with Gasteiger partial charge in [0.25, 0.3) is 0 Å². The van der Waals surface area contributed by atoms with E-state index in [-0.39, 0.29) is 17.6 Å². The Balaban J connectivity index is 1.72. The summed E-state index contributed by atoms with van der Waals surface area (Å²) < 4.78 is 66.3. The van der Waals surface area contributed by atoms with Crippen molar-refractivity contribution in [2.24, 2.45) is 0 Å². The number of carbonyl (C=O) groups is 1. The summed E-state index contributed by atoms with van der Waals surface area (Å²) in [5.74, 6) is -2.68. The number of nitrogens with one attached hydrogen (secondary N) is 1. The number of nitrogens with zero attached hydrogens (tertiary/aromatic N) is 2. The van der Waals surface area contributed by atoms with Crippen molar-refractivity contribution in [2.45, 2.75) is 25.7 Å². The van der Waals surface area contributed by atoms with Gasteiger partial charge in [-0.1, -0.05) is 12.1 Å². The molecule has 0 saturated heterocycles. The van der Waals surface area contributed by atoms with Gasteiger partial charge in [0.1, 0.15) is 12.1 Å². The normalized spacial score (nSPS) is 13.0. The number of hydrogen-bond donors (Lipinski definition) is 1. The molecule has 9 heteroatoms. The van der Waals surface area contributed by atoms with Gasteiger partial charge in [-0.3, -0.25) is 4.79 Å². The maximum Gasteiger partial charge on any atom is 0.416 e. The minimum absolute atomic E-state index is 0.132. The van der Waals surface area contributed by atoms with Gasteiger partial charge in [-0.15, -0.1) is 0 Å². The molecule has 1 atom stereocenters. The Kier molecular flexibility index (Phi) is 4.86. The van der Waals surface area contributed by atoms with Crippen molar-refractivity contribution in [3.63, 3.8) is 0 Å². The van der Waals surface area contributed by atoms with Gasteiger partial charge in [-0.2, -0.15) is 13.2 Å². The van der Waals surface area contributed by atoms with Crippen molar-refractivity contribution < 1.29 is 26.7 Å². The van der Waals surface area contributed by atoms with E-state index in [1.165, 1.54) is 29.1 Å². The first-order chi connectivity index (χ1) is 12.7. The Morgan fingerprint density at radius 3 is 2.44 bits per heavy atom. The van der Waals surface area contributed by atoms with Crippen molar-refractivity contribution in [3.05, 3.63) is 65.5 Å². The van der Waals surface area contributed by atoms with E-state index in [1.807, 2.05) is 0 Å². The average Bonchev–Trinajstić information content (AvgIpc) is 3.00. The highest BCUT2D eigenvalue weighted by atomic mass is 19.4. The third-order valence-corrected chi connectivity index (χ3v) is 4.10. The first-order valence-corrected chi connectivity index (χ1v) is 7.92. The van der Waals surface area contributed by atoms with E-state index in [1.54, 1.807) is 6.92 Å². The molecule has 0 saturated carbocycles. The molecule has 3 rings (SSSR count). The van der Waals surface area contributed by atoms with E-state index in [2.05, 4.69) is 10.3 Å². The molecular formula is C18H14F5N3O. The standard InChI is InChI=1S/C18H14F5N3O/c1-10(11-2-4-12(5-3-11)18(21,22)23)25-15(27)8-26-9-24-14-7-6-13(19)16(20)17(14)26/h2-7,9-10H,8H2,1H3,(H,25,27). The van der Waals surface area contributed by atoms with Gasteiger partial charge in [0.05, 0.1) is 23.4 Å². The predicted molar refractivity (Wildman–Crippen MR) is 87.7 cm³/mol. The number of alkyl halides is 3. The summed E-state index contributed by atoms with van der Waals surface area (Å²) in [6, 6.07) is 6.08. The van der Waals surface area contributed by atoms with Crippen LogP contribution in [0.3, 0.4) is 0 Å². The lowest BCUT2D eigenvalue weighted by Crippen LogP contribution is -2.30. The van der Waals surface area contributed by atoms with Gasteiger partial charge < -0.3 is 9.88 Å². The molecule has 1 amide bonds. The van der Waals surface area contributed by atoms with Crippen LogP contribution in [0.25, 0.3) is 11.0 Å². The van der Waals surface area contributed by atoms with Crippen LogP contribution in [0.4, 0.5) is 22.0 Å². The van der Waals surface area contributed by atoms with Gasteiger partial charge in [0.2, 0.25) is 5.91 Å². The summed E-state index contributed by atoms with van der Waals surface area (Å²) in [6.07, 6.45) is -3.22. The summed E-state index contributed by atoms with van der Waals surface area (Å²) in [7, 11) is 0. The second-order valence-corrected chi connectivity index (χ2v) is 6.01. The van der Waals surface area contributed by atoms with Gasteiger partial charge >= 0.3 is 6.18 Å². The topological polar surface area (TPSA) is 46.9 Å².